The summed E-state index contributed by atoms with van der Waals surface area (Å²) in [4.78, 5) is 12.2. The van der Waals surface area contributed by atoms with Crippen LogP contribution in [0.3, 0.4) is 0 Å². The van der Waals surface area contributed by atoms with Crippen molar-refractivity contribution in [1.82, 2.24) is 0 Å². The molecule has 0 saturated carbocycles. The van der Waals surface area contributed by atoms with Gasteiger partial charge in [0.15, 0.2) is 0 Å². The Morgan fingerprint density at radius 1 is 1.21 bits per heavy atom. The molecule has 122 valence electrons. The maximum atomic E-state index is 12.2. The lowest BCUT2D eigenvalue weighted by Gasteiger charge is -2.10. The Kier molecular flexibility index (Phi) is 4.38. The highest BCUT2D eigenvalue weighted by Crippen LogP contribution is 2.33. The van der Waals surface area contributed by atoms with E-state index in [1.54, 1.807) is 19.4 Å². The van der Waals surface area contributed by atoms with Gasteiger partial charge >= 0.3 is 0 Å². The van der Waals surface area contributed by atoms with Crippen LogP contribution in [0.5, 0.6) is 5.75 Å². The smallest absolute Gasteiger partial charge is 0.248 e. The molecule has 0 fully saturated rings. The van der Waals surface area contributed by atoms with Crippen LogP contribution in [-0.4, -0.2) is 13.0 Å². The minimum Gasteiger partial charge on any atom is -0.496 e. The number of anilines is 1. The molecular formula is C20H19NO3. The summed E-state index contributed by atoms with van der Waals surface area (Å²) in [6.45, 7) is 3.88. The molecule has 3 rings (SSSR count). The van der Waals surface area contributed by atoms with Crippen LogP contribution >= 0.6 is 0 Å². The fraction of sp³-hybridized carbons (Fsp3) is 0.150. The largest absolute Gasteiger partial charge is 0.496 e. The van der Waals surface area contributed by atoms with Gasteiger partial charge in [0, 0.05) is 28.8 Å². The molecule has 4 nitrogen and oxygen atoms in total. The predicted octanol–water partition coefficient (Wildman–Crippen LogP) is 4.79. The third-order valence-electron chi connectivity index (χ3n) is 3.90. The van der Waals surface area contributed by atoms with Gasteiger partial charge in [0.05, 0.1) is 13.4 Å². The van der Waals surface area contributed by atoms with Crippen LogP contribution in [0.4, 0.5) is 5.69 Å². The number of allylic oxidation sites excluding steroid dienone is 1. The van der Waals surface area contributed by atoms with E-state index in [-0.39, 0.29) is 5.91 Å². The Morgan fingerprint density at radius 2 is 1.96 bits per heavy atom. The number of rotatable bonds is 4. The lowest BCUT2D eigenvalue weighted by atomic mass is 10.0. The number of hydrogen-bond acceptors (Lipinski definition) is 3. The van der Waals surface area contributed by atoms with Gasteiger partial charge in [0.25, 0.3) is 0 Å². The number of amides is 1. The number of furan rings is 1. The molecule has 0 aliphatic heterocycles. The third-order valence-corrected chi connectivity index (χ3v) is 3.90. The first-order chi connectivity index (χ1) is 11.6. The number of carbonyl (C=O) groups excluding carboxylic acids is 1. The number of benzene rings is 2. The van der Waals surface area contributed by atoms with Crippen molar-refractivity contribution < 1.29 is 13.9 Å². The van der Waals surface area contributed by atoms with Crippen LogP contribution in [0.25, 0.3) is 16.5 Å². The molecular weight excluding hydrogens is 302 g/mol. The number of aryl methyl sites for hydroxylation is 1. The molecule has 3 aromatic rings. The summed E-state index contributed by atoms with van der Waals surface area (Å²) in [5.41, 5.74) is 4.28. The second-order valence-corrected chi connectivity index (χ2v) is 5.65. The van der Waals surface area contributed by atoms with E-state index in [1.165, 1.54) is 0 Å². The number of nitrogens with one attached hydrogen (secondary N) is 1. The topological polar surface area (TPSA) is 51.5 Å². The maximum absolute atomic E-state index is 12.2. The van der Waals surface area contributed by atoms with Gasteiger partial charge in [-0.05, 0) is 43.2 Å². The Bertz CT molecular complexity index is 907. The summed E-state index contributed by atoms with van der Waals surface area (Å²) in [5.74, 6) is 0.503. The molecule has 1 heterocycles. The lowest BCUT2D eigenvalue weighted by Crippen LogP contribution is -2.08. The highest BCUT2D eigenvalue weighted by Gasteiger charge is 2.12. The number of carbonyl (C=O) groups is 1. The van der Waals surface area contributed by atoms with E-state index in [9.17, 15) is 4.79 Å². The quantitative estimate of drug-likeness (QED) is 0.703. The summed E-state index contributed by atoms with van der Waals surface area (Å²) in [6.07, 6.45) is 3.29. The van der Waals surface area contributed by atoms with Crippen molar-refractivity contribution >= 4 is 28.1 Å². The lowest BCUT2D eigenvalue weighted by molar-refractivity contribution is -0.111. The third kappa shape index (κ3) is 3.18. The van der Waals surface area contributed by atoms with Gasteiger partial charge < -0.3 is 14.5 Å². The van der Waals surface area contributed by atoms with Crippen molar-refractivity contribution in [3.05, 3.63) is 65.9 Å². The van der Waals surface area contributed by atoms with E-state index < -0.39 is 0 Å². The number of fused-ring (bicyclic) bond motifs is 1. The Balaban J connectivity index is 1.93. The average Bonchev–Trinajstić information content (AvgIpc) is 2.94. The first-order valence-corrected chi connectivity index (χ1v) is 7.69. The first kappa shape index (κ1) is 15.9. The number of hydrogen-bond donors (Lipinski definition) is 1. The van der Waals surface area contributed by atoms with Crippen molar-refractivity contribution in [2.45, 2.75) is 13.8 Å². The Hall–Kier alpha value is -3.01. The van der Waals surface area contributed by atoms with Gasteiger partial charge in [-0.15, -0.1) is 0 Å². The fourth-order valence-electron chi connectivity index (χ4n) is 2.63. The molecule has 1 amide bonds. The first-order valence-electron chi connectivity index (χ1n) is 7.69. The van der Waals surface area contributed by atoms with Gasteiger partial charge in [0.2, 0.25) is 5.91 Å². The van der Waals surface area contributed by atoms with Crippen LogP contribution in [0.15, 0.2) is 59.2 Å². The second-order valence-electron chi connectivity index (χ2n) is 5.65. The van der Waals surface area contributed by atoms with Crippen molar-refractivity contribution in [2.24, 2.45) is 0 Å². The minimum absolute atomic E-state index is 0.176. The molecule has 2 aromatic carbocycles. The van der Waals surface area contributed by atoms with E-state index >= 15 is 0 Å². The van der Waals surface area contributed by atoms with E-state index in [4.69, 9.17) is 9.15 Å². The molecule has 1 N–H and O–H groups in total. The van der Waals surface area contributed by atoms with Crippen LogP contribution in [0.2, 0.25) is 0 Å². The zero-order valence-electron chi connectivity index (χ0n) is 13.9. The highest BCUT2D eigenvalue weighted by molar-refractivity contribution is 6.04. The standard InChI is InChI=1S/C20H19NO3/c1-13(9-20(22)21-15-7-5-4-6-8-15)16-10-17-14(2)12-24-19(17)11-18(16)23-3/h4-12H,1-3H3,(H,21,22)/b13-9+. The van der Waals surface area contributed by atoms with Crippen LogP contribution in [-0.2, 0) is 4.79 Å². The molecule has 24 heavy (non-hydrogen) atoms. The molecule has 0 spiro atoms. The van der Waals surface area contributed by atoms with Gasteiger partial charge in [-0.1, -0.05) is 18.2 Å². The van der Waals surface area contributed by atoms with Crippen molar-refractivity contribution in [2.75, 3.05) is 12.4 Å². The van der Waals surface area contributed by atoms with E-state index in [1.807, 2.05) is 56.3 Å². The summed E-state index contributed by atoms with van der Waals surface area (Å²) in [7, 11) is 1.61. The minimum atomic E-state index is -0.176. The fourth-order valence-corrected chi connectivity index (χ4v) is 2.63. The SMILES string of the molecule is COc1cc2occ(C)c2cc1/C(C)=C/C(=O)Nc1ccccc1. The molecule has 0 saturated heterocycles. The van der Waals surface area contributed by atoms with Crippen LogP contribution < -0.4 is 10.1 Å². The zero-order valence-corrected chi connectivity index (χ0v) is 13.9. The highest BCUT2D eigenvalue weighted by atomic mass is 16.5. The zero-order chi connectivity index (χ0) is 17.1. The Labute approximate surface area is 140 Å². The van der Waals surface area contributed by atoms with Crippen molar-refractivity contribution in [3.63, 3.8) is 0 Å². The maximum Gasteiger partial charge on any atom is 0.248 e. The van der Waals surface area contributed by atoms with Gasteiger partial charge in [-0.25, -0.2) is 0 Å². The molecule has 0 bridgehead atoms. The molecule has 0 aliphatic rings. The summed E-state index contributed by atoms with van der Waals surface area (Å²) in [6, 6.07) is 13.2. The summed E-state index contributed by atoms with van der Waals surface area (Å²) < 4.78 is 11.0. The number of ether oxygens (including phenoxy) is 1. The van der Waals surface area contributed by atoms with Gasteiger partial charge in [-0.3, -0.25) is 4.79 Å². The average molecular weight is 321 g/mol. The monoisotopic (exact) mass is 321 g/mol. The van der Waals surface area contributed by atoms with Crippen molar-refractivity contribution in [3.8, 4) is 5.75 Å². The molecule has 0 atom stereocenters. The van der Waals surface area contributed by atoms with Crippen LogP contribution in [0.1, 0.15) is 18.1 Å². The van der Waals surface area contributed by atoms with Crippen LogP contribution in [0, 0.1) is 6.92 Å². The normalized spacial score (nSPS) is 11.5. The van der Waals surface area contributed by atoms with Gasteiger partial charge in [0.1, 0.15) is 11.3 Å². The van der Waals surface area contributed by atoms with Crippen molar-refractivity contribution in [1.29, 1.82) is 0 Å². The number of methoxy groups -OCH3 is 1. The number of para-hydroxylation sites is 1. The van der Waals surface area contributed by atoms with Gasteiger partial charge in [-0.2, -0.15) is 0 Å². The van der Waals surface area contributed by atoms with E-state index in [0.717, 1.165) is 33.4 Å². The molecule has 1 aromatic heterocycles. The Morgan fingerprint density at radius 3 is 2.67 bits per heavy atom. The molecule has 0 aliphatic carbocycles. The molecule has 4 heteroatoms. The molecule has 0 radical (unpaired) electrons. The summed E-state index contributed by atoms with van der Waals surface area (Å²) >= 11 is 0. The van der Waals surface area contributed by atoms with E-state index in [2.05, 4.69) is 5.32 Å². The predicted molar refractivity (Wildman–Crippen MR) is 96.2 cm³/mol. The summed E-state index contributed by atoms with van der Waals surface area (Å²) in [5, 5.41) is 3.86. The molecule has 0 unspecified atom stereocenters. The van der Waals surface area contributed by atoms with E-state index in [0.29, 0.717) is 5.75 Å². The second kappa shape index (κ2) is 6.62.